The molecule has 1 aromatic heterocycles. The molecular weight excluding hydrogens is 223 g/mol. The fourth-order valence-electron chi connectivity index (χ4n) is 1.29. The second kappa shape index (κ2) is 5.20. The van der Waals surface area contributed by atoms with Gasteiger partial charge in [-0.05, 0) is 6.92 Å². The molecule has 1 heterocycles. The van der Waals surface area contributed by atoms with Gasteiger partial charge in [0.2, 0.25) is 0 Å². The molecule has 0 aliphatic heterocycles. The quantitative estimate of drug-likeness (QED) is 0.770. The van der Waals surface area contributed by atoms with Crippen molar-refractivity contribution >= 4 is 0 Å². The van der Waals surface area contributed by atoms with Crippen LogP contribution < -0.4 is 11.0 Å². The molecule has 4 nitrogen and oxygen atoms in total. The van der Waals surface area contributed by atoms with Crippen molar-refractivity contribution in [1.82, 2.24) is 14.5 Å². The molecule has 0 atom stereocenters. The zero-order chi connectivity index (χ0) is 12.2. The lowest BCUT2D eigenvalue weighted by Crippen LogP contribution is -2.33. The van der Waals surface area contributed by atoms with Crippen LogP contribution in [0.4, 0.5) is 13.2 Å². The SMILES string of the molecule is CCn1ccn(CCNCC(F)(F)F)c1=O. The number of rotatable bonds is 5. The molecule has 0 amide bonds. The smallest absolute Gasteiger partial charge is 0.307 e. The summed E-state index contributed by atoms with van der Waals surface area (Å²) < 4.78 is 38.2. The van der Waals surface area contributed by atoms with Gasteiger partial charge in [-0.25, -0.2) is 4.79 Å². The lowest BCUT2D eigenvalue weighted by atomic mass is 10.5. The molecule has 0 spiro atoms. The monoisotopic (exact) mass is 237 g/mol. The Morgan fingerprint density at radius 3 is 2.44 bits per heavy atom. The lowest BCUT2D eigenvalue weighted by Gasteiger charge is -2.07. The third-order valence-corrected chi connectivity index (χ3v) is 2.11. The van der Waals surface area contributed by atoms with Crippen molar-refractivity contribution in [1.29, 1.82) is 0 Å². The summed E-state index contributed by atoms with van der Waals surface area (Å²) in [5.41, 5.74) is -0.198. The number of hydrogen-bond donors (Lipinski definition) is 1. The topological polar surface area (TPSA) is 39.0 Å². The van der Waals surface area contributed by atoms with E-state index in [-0.39, 0.29) is 18.8 Å². The van der Waals surface area contributed by atoms with Gasteiger partial charge < -0.3 is 5.32 Å². The normalized spacial score (nSPS) is 12.0. The first-order valence-corrected chi connectivity index (χ1v) is 4.97. The maximum atomic E-state index is 11.8. The fourth-order valence-corrected chi connectivity index (χ4v) is 1.29. The summed E-state index contributed by atoms with van der Waals surface area (Å²) in [6.45, 7) is 1.71. The van der Waals surface area contributed by atoms with Gasteiger partial charge in [0.1, 0.15) is 0 Å². The summed E-state index contributed by atoms with van der Waals surface area (Å²) in [5, 5.41) is 2.23. The van der Waals surface area contributed by atoms with Gasteiger partial charge in [-0.2, -0.15) is 13.2 Å². The Labute approximate surface area is 90.7 Å². The van der Waals surface area contributed by atoms with E-state index in [1.165, 1.54) is 9.13 Å². The molecule has 0 fully saturated rings. The summed E-state index contributed by atoms with van der Waals surface area (Å²) in [4.78, 5) is 11.5. The number of nitrogens with zero attached hydrogens (tertiary/aromatic N) is 2. The van der Waals surface area contributed by atoms with Gasteiger partial charge in [0, 0.05) is 32.0 Å². The zero-order valence-electron chi connectivity index (χ0n) is 8.92. The summed E-state index contributed by atoms with van der Waals surface area (Å²) >= 11 is 0. The molecule has 0 radical (unpaired) electrons. The van der Waals surface area contributed by atoms with Crippen LogP contribution in [-0.4, -0.2) is 28.4 Å². The van der Waals surface area contributed by atoms with Crippen LogP contribution in [0.5, 0.6) is 0 Å². The number of aryl methyl sites for hydroxylation is 1. The van der Waals surface area contributed by atoms with Gasteiger partial charge in [0.05, 0.1) is 6.54 Å². The minimum Gasteiger partial charge on any atom is -0.307 e. The van der Waals surface area contributed by atoms with E-state index in [0.29, 0.717) is 6.54 Å². The van der Waals surface area contributed by atoms with Crippen molar-refractivity contribution in [3.63, 3.8) is 0 Å². The first-order valence-electron chi connectivity index (χ1n) is 4.97. The van der Waals surface area contributed by atoms with Crippen LogP contribution >= 0.6 is 0 Å². The summed E-state index contributed by atoms with van der Waals surface area (Å²) in [6, 6.07) is 0. The van der Waals surface area contributed by atoms with Crippen LogP contribution in [0.1, 0.15) is 6.92 Å². The number of halogens is 3. The molecule has 0 aliphatic rings. The Morgan fingerprint density at radius 2 is 1.94 bits per heavy atom. The van der Waals surface area contributed by atoms with Gasteiger partial charge in [-0.1, -0.05) is 0 Å². The molecule has 0 unspecified atom stereocenters. The van der Waals surface area contributed by atoms with Crippen molar-refractivity contribution in [2.24, 2.45) is 0 Å². The summed E-state index contributed by atoms with van der Waals surface area (Å²) in [7, 11) is 0. The maximum absolute atomic E-state index is 11.8. The van der Waals surface area contributed by atoms with E-state index in [1.54, 1.807) is 12.4 Å². The van der Waals surface area contributed by atoms with E-state index in [9.17, 15) is 18.0 Å². The van der Waals surface area contributed by atoms with Crippen LogP contribution in [0.3, 0.4) is 0 Å². The molecule has 0 saturated carbocycles. The van der Waals surface area contributed by atoms with Crippen molar-refractivity contribution in [2.75, 3.05) is 13.1 Å². The fraction of sp³-hybridized carbons (Fsp3) is 0.667. The van der Waals surface area contributed by atoms with E-state index in [0.717, 1.165) is 0 Å². The second-order valence-corrected chi connectivity index (χ2v) is 3.35. The molecule has 92 valence electrons. The Balaban J connectivity index is 2.38. The lowest BCUT2D eigenvalue weighted by molar-refractivity contribution is -0.124. The predicted molar refractivity (Wildman–Crippen MR) is 53.3 cm³/mol. The first kappa shape index (κ1) is 12.8. The van der Waals surface area contributed by atoms with Crippen molar-refractivity contribution in [2.45, 2.75) is 26.2 Å². The Hall–Kier alpha value is -1.24. The van der Waals surface area contributed by atoms with E-state index in [4.69, 9.17) is 0 Å². The summed E-state index contributed by atoms with van der Waals surface area (Å²) in [5.74, 6) is 0. The number of hydrogen-bond acceptors (Lipinski definition) is 2. The minimum absolute atomic E-state index is 0.118. The number of imidazole rings is 1. The Kier molecular flexibility index (Phi) is 4.17. The van der Waals surface area contributed by atoms with Crippen LogP contribution in [0.2, 0.25) is 0 Å². The highest BCUT2D eigenvalue weighted by atomic mass is 19.4. The van der Waals surface area contributed by atoms with E-state index < -0.39 is 12.7 Å². The van der Waals surface area contributed by atoms with Crippen LogP contribution in [-0.2, 0) is 13.1 Å². The number of alkyl halides is 3. The number of aromatic nitrogens is 2. The Bertz CT molecular complexity index is 380. The van der Waals surface area contributed by atoms with Gasteiger partial charge in [0.15, 0.2) is 0 Å². The van der Waals surface area contributed by atoms with Crippen LogP contribution in [0, 0.1) is 0 Å². The highest BCUT2D eigenvalue weighted by Crippen LogP contribution is 2.11. The molecular formula is C9H14F3N3O. The zero-order valence-corrected chi connectivity index (χ0v) is 8.92. The summed E-state index contributed by atoms with van der Waals surface area (Å²) in [6.07, 6.45) is -1.02. The molecule has 1 rings (SSSR count). The van der Waals surface area contributed by atoms with E-state index in [1.807, 2.05) is 6.92 Å². The molecule has 7 heteroatoms. The maximum Gasteiger partial charge on any atom is 0.401 e. The highest BCUT2D eigenvalue weighted by molar-refractivity contribution is 4.81. The molecule has 1 aromatic rings. The average molecular weight is 237 g/mol. The standard InChI is InChI=1S/C9H14F3N3O/c1-2-14-5-6-15(8(14)16)4-3-13-7-9(10,11)12/h5-6,13H,2-4,7H2,1H3. The van der Waals surface area contributed by atoms with Crippen molar-refractivity contribution in [3.05, 3.63) is 22.9 Å². The molecule has 0 aliphatic carbocycles. The average Bonchev–Trinajstić information content (AvgIpc) is 2.53. The van der Waals surface area contributed by atoms with Gasteiger partial charge in [-0.15, -0.1) is 0 Å². The largest absolute Gasteiger partial charge is 0.401 e. The van der Waals surface area contributed by atoms with E-state index in [2.05, 4.69) is 5.32 Å². The molecule has 0 aromatic carbocycles. The molecule has 0 bridgehead atoms. The Morgan fingerprint density at radius 1 is 1.31 bits per heavy atom. The van der Waals surface area contributed by atoms with Crippen molar-refractivity contribution < 1.29 is 13.2 Å². The van der Waals surface area contributed by atoms with Gasteiger partial charge >= 0.3 is 11.9 Å². The van der Waals surface area contributed by atoms with Crippen LogP contribution in [0.25, 0.3) is 0 Å². The highest BCUT2D eigenvalue weighted by Gasteiger charge is 2.25. The third-order valence-electron chi connectivity index (χ3n) is 2.11. The third kappa shape index (κ3) is 3.73. The second-order valence-electron chi connectivity index (χ2n) is 3.35. The molecule has 1 N–H and O–H groups in total. The van der Waals surface area contributed by atoms with Crippen molar-refractivity contribution in [3.8, 4) is 0 Å². The first-order chi connectivity index (χ1) is 7.44. The van der Waals surface area contributed by atoms with E-state index >= 15 is 0 Å². The molecule has 16 heavy (non-hydrogen) atoms. The number of nitrogens with one attached hydrogen (secondary N) is 1. The van der Waals surface area contributed by atoms with Gasteiger partial charge in [0.25, 0.3) is 0 Å². The molecule has 0 saturated heterocycles. The van der Waals surface area contributed by atoms with Crippen LogP contribution in [0.15, 0.2) is 17.2 Å². The minimum atomic E-state index is -4.21. The van der Waals surface area contributed by atoms with Gasteiger partial charge in [-0.3, -0.25) is 9.13 Å². The predicted octanol–water partition coefficient (Wildman–Crippen LogP) is 0.822.